The molecule has 6 rings (SSSR count). The van der Waals surface area contributed by atoms with Crippen LogP contribution in [0.15, 0.2) is 84.1 Å². The third-order valence-electron chi connectivity index (χ3n) is 8.58. The van der Waals surface area contributed by atoms with Gasteiger partial charge in [0, 0.05) is 54.6 Å². The summed E-state index contributed by atoms with van der Waals surface area (Å²) in [6, 6.07) is 23.2. The molecule has 3 aromatic rings. The van der Waals surface area contributed by atoms with E-state index in [0.717, 1.165) is 53.6 Å². The Morgan fingerprint density at radius 3 is 2.36 bits per heavy atom. The van der Waals surface area contributed by atoms with Crippen LogP contribution in [0.25, 0.3) is 0 Å². The molecule has 1 amide bonds. The Balaban J connectivity index is 1.33. The number of Topliss-reactive ketones (excluding diaryl/α,β-unsaturated/α-hetero) is 1. The minimum atomic E-state index is -0.488. The van der Waals surface area contributed by atoms with Crippen LogP contribution >= 0.6 is 11.6 Å². The second-order valence-corrected chi connectivity index (χ2v) is 12.5. The van der Waals surface area contributed by atoms with Gasteiger partial charge in [0.15, 0.2) is 5.78 Å². The van der Waals surface area contributed by atoms with Crippen molar-refractivity contribution >= 4 is 40.4 Å². The van der Waals surface area contributed by atoms with Gasteiger partial charge in [0.25, 0.3) is 0 Å². The summed E-state index contributed by atoms with van der Waals surface area (Å²) in [4.78, 5) is 34.2. The molecule has 218 valence electrons. The predicted octanol–water partition coefficient (Wildman–Crippen LogP) is 6.31. The largest absolute Gasteiger partial charge is 0.497 e. The first-order valence-corrected chi connectivity index (χ1v) is 14.9. The molecule has 0 spiro atoms. The second-order valence-electron chi connectivity index (χ2n) is 12.1. The van der Waals surface area contributed by atoms with E-state index in [1.807, 2.05) is 65.6 Å². The van der Waals surface area contributed by atoms with Gasteiger partial charge in [-0.15, -0.1) is 0 Å². The van der Waals surface area contributed by atoms with E-state index in [1.165, 1.54) is 0 Å². The summed E-state index contributed by atoms with van der Waals surface area (Å²) in [5.74, 6) is 0.951. The maximum atomic E-state index is 14.0. The number of anilines is 3. The van der Waals surface area contributed by atoms with E-state index >= 15 is 0 Å². The maximum Gasteiger partial charge on any atom is 0.242 e. The molecule has 2 heterocycles. The second kappa shape index (κ2) is 11.4. The van der Waals surface area contributed by atoms with Crippen LogP contribution in [0.1, 0.15) is 38.3 Å². The van der Waals surface area contributed by atoms with Crippen molar-refractivity contribution < 1.29 is 14.3 Å². The number of piperazine rings is 1. The number of carbonyl (C=O) groups is 2. The fourth-order valence-electron chi connectivity index (χ4n) is 6.50. The van der Waals surface area contributed by atoms with Crippen LogP contribution in [0.4, 0.5) is 17.1 Å². The highest BCUT2D eigenvalue weighted by Crippen LogP contribution is 2.49. The standard InChI is InChI=1S/C34H37ClN4O3/c1-34(2)20-28-32(30(40)21-34)33(25-8-4-5-9-26(25)35)39(29-11-7-6-10-27(29)36-28)22-31(41)38-18-16-37(17-19-38)23-12-14-24(42-3)15-13-23/h4-15,33,36H,16-22H2,1-3H3. The third kappa shape index (κ3) is 5.45. The molecule has 42 heavy (non-hydrogen) atoms. The number of ether oxygens (including phenoxy) is 1. The van der Waals surface area contributed by atoms with Gasteiger partial charge in [-0.2, -0.15) is 0 Å². The van der Waals surface area contributed by atoms with Crippen molar-refractivity contribution in [3.8, 4) is 5.75 Å². The lowest BCUT2D eigenvalue weighted by molar-refractivity contribution is -0.130. The van der Waals surface area contributed by atoms with E-state index in [4.69, 9.17) is 16.3 Å². The van der Waals surface area contributed by atoms with Gasteiger partial charge in [0.2, 0.25) is 5.91 Å². The van der Waals surface area contributed by atoms with Crippen molar-refractivity contribution in [1.82, 2.24) is 4.90 Å². The normalized spacial score (nSPS) is 20.0. The lowest BCUT2D eigenvalue weighted by Crippen LogP contribution is -2.52. The van der Waals surface area contributed by atoms with Gasteiger partial charge in [-0.1, -0.05) is 55.8 Å². The number of carbonyl (C=O) groups excluding carboxylic acids is 2. The fourth-order valence-corrected chi connectivity index (χ4v) is 6.74. The number of nitrogens with one attached hydrogen (secondary N) is 1. The number of allylic oxidation sites excluding steroid dienone is 1. The summed E-state index contributed by atoms with van der Waals surface area (Å²) in [5.41, 5.74) is 5.17. The Morgan fingerprint density at radius 1 is 0.952 bits per heavy atom. The first kappa shape index (κ1) is 28.2. The zero-order chi connectivity index (χ0) is 29.4. The minimum Gasteiger partial charge on any atom is -0.497 e. The molecule has 0 saturated carbocycles. The summed E-state index contributed by atoms with van der Waals surface area (Å²) in [5, 5.41) is 4.20. The number of benzene rings is 3. The van der Waals surface area contributed by atoms with Crippen molar-refractivity contribution in [3.63, 3.8) is 0 Å². The van der Waals surface area contributed by atoms with E-state index in [-0.39, 0.29) is 23.7 Å². The molecular weight excluding hydrogens is 548 g/mol. The van der Waals surface area contributed by atoms with Gasteiger partial charge in [0.1, 0.15) is 5.75 Å². The number of para-hydroxylation sites is 2. The summed E-state index contributed by atoms with van der Waals surface area (Å²) >= 11 is 6.83. The van der Waals surface area contributed by atoms with Crippen LogP contribution in [0.3, 0.4) is 0 Å². The number of rotatable bonds is 5. The van der Waals surface area contributed by atoms with Crippen LogP contribution in [-0.4, -0.2) is 56.4 Å². The van der Waals surface area contributed by atoms with Gasteiger partial charge in [-0.3, -0.25) is 9.59 Å². The molecule has 0 bridgehead atoms. The molecule has 0 radical (unpaired) electrons. The molecule has 0 aromatic heterocycles. The van der Waals surface area contributed by atoms with E-state index in [9.17, 15) is 9.59 Å². The molecule has 3 aliphatic rings. The Morgan fingerprint density at radius 2 is 1.64 bits per heavy atom. The number of nitrogens with zero attached hydrogens (tertiary/aromatic N) is 3. The van der Waals surface area contributed by atoms with Crippen molar-refractivity contribution in [2.75, 3.05) is 55.0 Å². The highest BCUT2D eigenvalue weighted by Gasteiger charge is 2.42. The number of halogens is 1. The van der Waals surface area contributed by atoms with E-state index in [1.54, 1.807) is 7.11 Å². The fraction of sp³-hybridized carbons (Fsp3) is 0.353. The third-order valence-corrected chi connectivity index (χ3v) is 8.92. The number of ketones is 1. The summed E-state index contributed by atoms with van der Waals surface area (Å²) in [6.45, 7) is 7.12. The predicted molar refractivity (Wildman–Crippen MR) is 168 cm³/mol. The van der Waals surface area contributed by atoms with Crippen molar-refractivity contribution in [2.45, 2.75) is 32.7 Å². The topological polar surface area (TPSA) is 65.1 Å². The van der Waals surface area contributed by atoms with E-state index < -0.39 is 6.04 Å². The number of hydrogen-bond acceptors (Lipinski definition) is 6. The lowest BCUT2D eigenvalue weighted by atomic mass is 9.73. The molecule has 2 aliphatic heterocycles. The van der Waals surface area contributed by atoms with Crippen molar-refractivity contribution in [1.29, 1.82) is 0 Å². The smallest absolute Gasteiger partial charge is 0.242 e. The quantitative estimate of drug-likeness (QED) is 0.379. The summed E-state index contributed by atoms with van der Waals surface area (Å²) in [6.07, 6.45) is 1.18. The Labute approximate surface area is 252 Å². The Kier molecular flexibility index (Phi) is 7.62. The summed E-state index contributed by atoms with van der Waals surface area (Å²) in [7, 11) is 1.66. The zero-order valence-corrected chi connectivity index (χ0v) is 25.2. The molecule has 7 nitrogen and oxygen atoms in total. The van der Waals surface area contributed by atoms with Crippen molar-refractivity contribution in [2.24, 2.45) is 5.41 Å². The number of methoxy groups -OCH3 is 1. The average molecular weight is 585 g/mol. The van der Waals surface area contributed by atoms with Gasteiger partial charge in [0.05, 0.1) is 31.1 Å². The van der Waals surface area contributed by atoms with Crippen molar-refractivity contribution in [3.05, 3.63) is 94.7 Å². The zero-order valence-electron chi connectivity index (χ0n) is 24.4. The first-order valence-electron chi connectivity index (χ1n) is 14.5. The van der Waals surface area contributed by atoms with Gasteiger partial charge in [-0.05, 0) is 59.9 Å². The number of amides is 1. The monoisotopic (exact) mass is 584 g/mol. The lowest BCUT2D eigenvalue weighted by Gasteiger charge is -2.40. The van der Waals surface area contributed by atoms with Gasteiger partial charge in [-0.25, -0.2) is 0 Å². The Bertz CT molecular complexity index is 1530. The van der Waals surface area contributed by atoms with Crippen LogP contribution in [0, 0.1) is 5.41 Å². The SMILES string of the molecule is COc1ccc(N2CCN(C(=O)CN3c4ccccc4NC4=C(C(=O)CC(C)(C)C4)C3c3ccccc3Cl)CC2)cc1. The molecule has 1 unspecified atom stereocenters. The van der Waals surface area contributed by atoms with Crippen LogP contribution in [-0.2, 0) is 9.59 Å². The minimum absolute atomic E-state index is 0.0314. The molecule has 1 atom stereocenters. The van der Waals surface area contributed by atoms with E-state index in [2.05, 4.69) is 41.1 Å². The average Bonchev–Trinajstić information content (AvgIpc) is 3.11. The molecule has 1 fully saturated rings. The maximum absolute atomic E-state index is 14.0. The summed E-state index contributed by atoms with van der Waals surface area (Å²) < 4.78 is 5.30. The number of hydrogen-bond donors (Lipinski definition) is 1. The number of fused-ring (bicyclic) bond motifs is 1. The highest BCUT2D eigenvalue weighted by atomic mass is 35.5. The van der Waals surface area contributed by atoms with Crippen LogP contribution in [0.2, 0.25) is 5.02 Å². The van der Waals surface area contributed by atoms with Gasteiger partial charge >= 0.3 is 0 Å². The Hall–Kier alpha value is -3.97. The first-order chi connectivity index (χ1) is 20.2. The molecule has 1 saturated heterocycles. The van der Waals surface area contributed by atoms with Crippen LogP contribution < -0.4 is 19.9 Å². The molecule has 1 aliphatic carbocycles. The molecule has 8 heteroatoms. The molecular formula is C34H37ClN4O3. The highest BCUT2D eigenvalue weighted by molar-refractivity contribution is 6.31. The van der Waals surface area contributed by atoms with Gasteiger partial charge < -0.3 is 24.8 Å². The molecule has 3 aromatic carbocycles. The van der Waals surface area contributed by atoms with Crippen LogP contribution in [0.5, 0.6) is 5.75 Å². The van der Waals surface area contributed by atoms with E-state index in [0.29, 0.717) is 30.1 Å². The molecule has 1 N–H and O–H groups in total.